The second kappa shape index (κ2) is 9.02. The Hall–Kier alpha value is -2.24. The Morgan fingerprint density at radius 3 is 1.96 bits per heavy atom. The first-order valence-corrected chi connectivity index (χ1v) is 7.13. The summed E-state index contributed by atoms with van der Waals surface area (Å²) in [7, 11) is 0. The second-order valence-corrected chi connectivity index (χ2v) is 5.18. The number of nitrogens with one attached hydrogen (secondary N) is 1. The monoisotopic (exact) mass is 336 g/mol. The summed E-state index contributed by atoms with van der Waals surface area (Å²) in [6.45, 7) is 0.493. The summed E-state index contributed by atoms with van der Waals surface area (Å²) in [6, 6.07) is 12.9. The lowest BCUT2D eigenvalue weighted by molar-refractivity contribution is -0.122. The van der Waals surface area contributed by atoms with E-state index in [2.05, 4.69) is 5.32 Å². The molecule has 0 spiro atoms. The van der Waals surface area contributed by atoms with E-state index in [9.17, 15) is 15.0 Å². The van der Waals surface area contributed by atoms with Crippen LogP contribution in [0.2, 0.25) is 0 Å². The SMILES string of the molecule is Cl.N[C@@H](Cc1ccc(O)cc1)C(=O)NCCc1ccc(O)cc1. The minimum Gasteiger partial charge on any atom is -0.508 e. The normalized spacial score (nSPS) is 11.3. The first-order valence-electron chi connectivity index (χ1n) is 7.13. The molecule has 2 aromatic rings. The summed E-state index contributed by atoms with van der Waals surface area (Å²) in [5.41, 5.74) is 7.81. The van der Waals surface area contributed by atoms with E-state index in [1.165, 1.54) is 0 Å². The van der Waals surface area contributed by atoms with Gasteiger partial charge in [-0.05, 0) is 48.2 Å². The van der Waals surface area contributed by atoms with E-state index in [4.69, 9.17) is 5.73 Å². The maximum absolute atomic E-state index is 11.9. The lowest BCUT2D eigenvalue weighted by atomic mass is 10.1. The van der Waals surface area contributed by atoms with Gasteiger partial charge in [-0.3, -0.25) is 4.79 Å². The Labute approximate surface area is 141 Å². The number of hydrogen-bond acceptors (Lipinski definition) is 4. The molecule has 5 nitrogen and oxygen atoms in total. The molecule has 1 amide bonds. The van der Waals surface area contributed by atoms with E-state index < -0.39 is 6.04 Å². The fourth-order valence-corrected chi connectivity index (χ4v) is 2.10. The van der Waals surface area contributed by atoms with Gasteiger partial charge in [-0.1, -0.05) is 24.3 Å². The van der Waals surface area contributed by atoms with Gasteiger partial charge in [0.2, 0.25) is 5.91 Å². The van der Waals surface area contributed by atoms with Crippen LogP contribution in [0.5, 0.6) is 11.5 Å². The first kappa shape index (κ1) is 18.8. The van der Waals surface area contributed by atoms with Gasteiger partial charge >= 0.3 is 0 Å². The maximum Gasteiger partial charge on any atom is 0.237 e. The van der Waals surface area contributed by atoms with Crippen molar-refractivity contribution in [1.82, 2.24) is 5.32 Å². The van der Waals surface area contributed by atoms with Gasteiger partial charge in [-0.2, -0.15) is 0 Å². The van der Waals surface area contributed by atoms with Crippen molar-refractivity contribution in [2.75, 3.05) is 6.54 Å². The summed E-state index contributed by atoms with van der Waals surface area (Å²) >= 11 is 0. The molecule has 0 bridgehead atoms. The molecule has 6 heteroatoms. The minimum atomic E-state index is -0.621. The molecule has 1 atom stereocenters. The maximum atomic E-state index is 11.9. The third-order valence-electron chi connectivity index (χ3n) is 3.38. The summed E-state index contributed by atoms with van der Waals surface area (Å²) in [5.74, 6) is 0.214. The van der Waals surface area contributed by atoms with Crippen molar-refractivity contribution < 1.29 is 15.0 Å². The van der Waals surface area contributed by atoms with Crippen LogP contribution >= 0.6 is 12.4 Å². The average molecular weight is 337 g/mol. The van der Waals surface area contributed by atoms with Gasteiger partial charge in [0.05, 0.1) is 6.04 Å². The van der Waals surface area contributed by atoms with Crippen molar-refractivity contribution in [2.24, 2.45) is 5.73 Å². The van der Waals surface area contributed by atoms with Crippen LogP contribution in [0, 0.1) is 0 Å². The zero-order valence-electron chi connectivity index (χ0n) is 12.6. The zero-order chi connectivity index (χ0) is 15.9. The molecule has 0 aromatic heterocycles. The Balaban J connectivity index is 0.00000264. The molecule has 0 fully saturated rings. The summed E-state index contributed by atoms with van der Waals surface area (Å²) in [4.78, 5) is 11.9. The topological polar surface area (TPSA) is 95.6 Å². The van der Waals surface area contributed by atoms with E-state index in [0.29, 0.717) is 19.4 Å². The van der Waals surface area contributed by atoms with Crippen LogP contribution < -0.4 is 11.1 Å². The third kappa shape index (κ3) is 6.18. The van der Waals surface area contributed by atoms with E-state index in [0.717, 1.165) is 11.1 Å². The van der Waals surface area contributed by atoms with Crippen LogP contribution in [0.3, 0.4) is 0 Å². The molecule has 2 rings (SSSR count). The number of benzene rings is 2. The smallest absolute Gasteiger partial charge is 0.237 e. The Bertz CT molecular complexity index is 615. The quantitative estimate of drug-likeness (QED) is 0.646. The third-order valence-corrected chi connectivity index (χ3v) is 3.38. The molecule has 0 aliphatic carbocycles. The predicted octanol–water partition coefficient (Wildman–Crippen LogP) is 1.75. The number of carbonyl (C=O) groups excluding carboxylic acids is 1. The number of rotatable bonds is 6. The molecule has 0 aliphatic rings. The highest BCUT2D eigenvalue weighted by Crippen LogP contribution is 2.11. The van der Waals surface area contributed by atoms with Crippen molar-refractivity contribution in [3.05, 3.63) is 59.7 Å². The molecule has 0 heterocycles. The average Bonchev–Trinajstić information content (AvgIpc) is 2.51. The van der Waals surface area contributed by atoms with Gasteiger partial charge in [0.1, 0.15) is 11.5 Å². The molecule has 0 unspecified atom stereocenters. The molecular formula is C17H21ClN2O3. The number of phenols is 2. The number of halogens is 1. The number of phenolic OH excluding ortho intramolecular Hbond substituents is 2. The number of nitrogens with two attached hydrogens (primary N) is 1. The van der Waals surface area contributed by atoms with E-state index >= 15 is 0 Å². The van der Waals surface area contributed by atoms with E-state index in [-0.39, 0.29) is 29.8 Å². The highest BCUT2D eigenvalue weighted by atomic mass is 35.5. The van der Waals surface area contributed by atoms with Crippen LogP contribution in [0.4, 0.5) is 0 Å². The van der Waals surface area contributed by atoms with E-state index in [1.54, 1.807) is 36.4 Å². The van der Waals surface area contributed by atoms with E-state index in [1.807, 2.05) is 12.1 Å². The lowest BCUT2D eigenvalue weighted by Crippen LogP contribution is -2.42. The molecule has 124 valence electrons. The summed E-state index contributed by atoms with van der Waals surface area (Å²) in [6.07, 6.45) is 1.10. The fraction of sp³-hybridized carbons (Fsp3) is 0.235. The molecule has 2 aromatic carbocycles. The lowest BCUT2D eigenvalue weighted by Gasteiger charge is -2.12. The summed E-state index contributed by atoms with van der Waals surface area (Å²) < 4.78 is 0. The molecule has 5 N–H and O–H groups in total. The van der Waals surface area contributed by atoms with Crippen LogP contribution in [-0.4, -0.2) is 28.7 Å². The van der Waals surface area contributed by atoms with Crippen LogP contribution in [-0.2, 0) is 17.6 Å². The molecule has 0 saturated heterocycles. The van der Waals surface area contributed by atoms with Crippen molar-refractivity contribution in [1.29, 1.82) is 0 Å². The van der Waals surface area contributed by atoms with Gasteiger partial charge in [0.15, 0.2) is 0 Å². The molecule has 0 aliphatic heterocycles. The molecule has 0 radical (unpaired) electrons. The number of aromatic hydroxyl groups is 2. The Morgan fingerprint density at radius 1 is 0.957 bits per heavy atom. The van der Waals surface area contributed by atoms with Gasteiger partial charge < -0.3 is 21.3 Å². The first-order chi connectivity index (χ1) is 10.5. The summed E-state index contributed by atoms with van der Waals surface area (Å²) in [5, 5.41) is 21.2. The predicted molar refractivity (Wildman–Crippen MR) is 91.9 cm³/mol. The number of hydrogen-bond donors (Lipinski definition) is 4. The standard InChI is InChI=1S/C17H20N2O3.ClH/c18-16(11-13-3-7-15(21)8-4-13)17(22)19-10-9-12-1-5-14(20)6-2-12;/h1-8,16,20-21H,9-11,18H2,(H,19,22);1H/t16-;/m0./s1. The fourth-order valence-electron chi connectivity index (χ4n) is 2.10. The van der Waals surface area contributed by atoms with Crippen LogP contribution in [0.1, 0.15) is 11.1 Å². The zero-order valence-corrected chi connectivity index (χ0v) is 13.4. The van der Waals surface area contributed by atoms with Gasteiger partial charge in [-0.15, -0.1) is 12.4 Å². The van der Waals surface area contributed by atoms with Gasteiger partial charge in [0, 0.05) is 6.54 Å². The number of amides is 1. The van der Waals surface area contributed by atoms with Crippen molar-refractivity contribution in [3.63, 3.8) is 0 Å². The van der Waals surface area contributed by atoms with Crippen molar-refractivity contribution in [2.45, 2.75) is 18.9 Å². The van der Waals surface area contributed by atoms with Crippen LogP contribution in [0.25, 0.3) is 0 Å². The van der Waals surface area contributed by atoms with Gasteiger partial charge in [-0.25, -0.2) is 0 Å². The minimum absolute atomic E-state index is 0. The largest absolute Gasteiger partial charge is 0.508 e. The second-order valence-electron chi connectivity index (χ2n) is 5.18. The highest BCUT2D eigenvalue weighted by molar-refractivity contribution is 5.85. The number of carbonyl (C=O) groups is 1. The molecule has 23 heavy (non-hydrogen) atoms. The van der Waals surface area contributed by atoms with Crippen molar-refractivity contribution in [3.8, 4) is 11.5 Å². The van der Waals surface area contributed by atoms with Crippen LogP contribution in [0.15, 0.2) is 48.5 Å². The molecule has 0 saturated carbocycles. The Morgan fingerprint density at radius 2 is 1.43 bits per heavy atom. The molecular weight excluding hydrogens is 316 g/mol. The Kier molecular flexibility index (Phi) is 7.38. The van der Waals surface area contributed by atoms with Gasteiger partial charge in [0.25, 0.3) is 0 Å². The van der Waals surface area contributed by atoms with Crippen molar-refractivity contribution >= 4 is 18.3 Å². The highest BCUT2D eigenvalue weighted by Gasteiger charge is 2.13.